The first kappa shape index (κ1) is 22.8. The van der Waals surface area contributed by atoms with Gasteiger partial charge in [-0.3, -0.25) is 9.58 Å². The summed E-state index contributed by atoms with van der Waals surface area (Å²) in [5.74, 6) is 0.870. The van der Waals surface area contributed by atoms with Crippen LogP contribution in [0.4, 0.5) is 0 Å². The number of nitrogens with zero attached hydrogens (tertiary/aromatic N) is 4. The van der Waals surface area contributed by atoms with Crippen LogP contribution in [0.3, 0.4) is 0 Å². The van der Waals surface area contributed by atoms with E-state index in [4.69, 9.17) is 4.74 Å². The molecule has 1 aromatic heterocycles. The molecule has 30 heavy (non-hydrogen) atoms. The summed E-state index contributed by atoms with van der Waals surface area (Å²) in [5.41, 5.74) is 1.16. The number of benzene rings is 1. The van der Waals surface area contributed by atoms with Gasteiger partial charge in [0.1, 0.15) is 18.5 Å². The summed E-state index contributed by atoms with van der Waals surface area (Å²) in [5, 5.41) is 14.8. The van der Waals surface area contributed by atoms with E-state index in [-0.39, 0.29) is 0 Å². The Hall–Kier alpha value is -1.89. The zero-order valence-electron chi connectivity index (χ0n) is 18.6. The topological polar surface area (TPSA) is 53.8 Å². The van der Waals surface area contributed by atoms with Crippen molar-refractivity contribution >= 4 is 0 Å². The second-order valence-electron chi connectivity index (χ2n) is 8.44. The lowest BCUT2D eigenvalue weighted by atomic mass is 9.94. The number of hydrogen-bond acceptors (Lipinski definition) is 5. The third kappa shape index (κ3) is 7.11. The van der Waals surface area contributed by atoms with Gasteiger partial charge in [0.2, 0.25) is 0 Å². The molecule has 0 amide bonds. The fourth-order valence-corrected chi connectivity index (χ4v) is 4.28. The molecule has 6 heteroatoms. The first-order valence-corrected chi connectivity index (χ1v) is 11.4. The maximum absolute atomic E-state index is 10.5. The molecule has 3 rings (SSSR count). The summed E-state index contributed by atoms with van der Waals surface area (Å²) in [6.07, 6.45) is 9.80. The highest BCUT2D eigenvalue weighted by Crippen LogP contribution is 2.23. The third-order valence-corrected chi connectivity index (χ3v) is 6.15. The van der Waals surface area contributed by atoms with Crippen LogP contribution in [0.2, 0.25) is 0 Å². The van der Waals surface area contributed by atoms with Crippen LogP contribution in [0.25, 0.3) is 0 Å². The largest absolute Gasteiger partial charge is 0.491 e. The Morgan fingerprint density at radius 2 is 2.00 bits per heavy atom. The molecule has 0 radical (unpaired) electrons. The Bertz CT molecular complexity index is 716. The van der Waals surface area contributed by atoms with Crippen molar-refractivity contribution in [3.8, 4) is 5.75 Å². The third-order valence-electron chi connectivity index (χ3n) is 6.15. The van der Waals surface area contributed by atoms with Crippen molar-refractivity contribution in [2.24, 2.45) is 0 Å². The van der Waals surface area contributed by atoms with Gasteiger partial charge < -0.3 is 14.7 Å². The molecule has 0 spiro atoms. The molecule has 6 nitrogen and oxygen atoms in total. The molecule has 166 valence electrons. The smallest absolute Gasteiger partial charge is 0.123 e. The van der Waals surface area contributed by atoms with E-state index in [0.717, 1.165) is 37.5 Å². The summed E-state index contributed by atoms with van der Waals surface area (Å²) < 4.78 is 8.02. The van der Waals surface area contributed by atoms with Gasteiger partial charge in [0.15, 0.2) is 0 Å². The number of ether oxygens (including phenoxy) is 1. The Balaban J connectivity index is 1.48. The van der Waals surface area contributed by atoms with Crippen molar-refractivity contribution in [3.63, 3.8) is 0 Å². The average Bonchev–Trinajstić information content (AvgIpc) is 3.30. The second-order valence-corrected chi connectivity index (χ2v) is 8.44. The number of likely N-dealkylation sites (N-methyl/N-ethyl adjacent to an activating group) is 2. The molecular weight excluding hydrogens is 376 g/mol. The molecule has 0 bridgehead atoms. The predicted molar refractivity (Wildman–Crippen MR) is 121 cm³/mol. The minimum absolute atomic E-state index is 0.327. The first-order chi connectivity index (χ1) is 14.7. The molecule has 0 unspecified atom stereocenters. The quantitative estimate of drug-likeness (QED) is 0.577. The second kappa shape index (κ2) is 12.1. The van der Waals surface area contributed by atoms with Crippen LogP contribution in [0.5, 0.6) is 5.75 Å². The molecule has 0 saturated heterocycles. The molecule has 1 aliphatic rings. The van der Waals surface area contributed by atoms with Crippen molar-refractivity contribution in [1.82, 2.24) is 19.6 Å². The molecule has 1 heterocycles. The lowest BCUT2D eigenvalue weighted by molar-refractivity contribution is 0.0556. The normalized spacial score (nSPS) is 16.3. The Kier molecular flexibility index (Phi) is 9.18. The fraction of sp³-hybridized carbons (Fsp3) is 0.625. The van der Waals surface area contributed by atoms with Gasteiger partial charge in [0.25, 0.3) is 0 Å². The van der Waals surface area contributed by atoms with Gasteiger partial charge in [0, 0.05) is 43.6 Å². The standard InChI is InChI=1S/C24H38N4O2/c1-3-27(16-17-28-15-9-14-25-28)18-21-10-7-8-13-24(21)30-20-23(29)19-26(2)22-11-5-4-6-12-22/h7-10,13-15,22-23,29H,3-6,11-12,16-20H2,1-2H3/t23-/m1/s1. The van der Waals surface area contributed by atoms with Crippen molar-refractivity contribution < 1.29 is 9.84 Å². The lowest BCUT2D eigenvalue weighted by Crippen LogP contribution is -2.40. The van der Waals surface area contributed by atoms with Crippen LogP contribution in [0.15, 0.2) is 42.7 Å². The van der Waals surface area contributed by atoms with Gasteiger partial charge in [0.05, 0.1) is 6.54 Å². The highest BCUT2D eigenvalue weighted by atomic mass is 16.5. The Labute approximate surface area is 181 Å². The molecule has 1 fully saturated rings. The fourth-order valence-electron chi connectivity index (χ4n) is 4.28. The first-order valence-electron chi connectivity index (χ1n) is 11.4. The SMILES string of the molecule is CCN(CCn1cccn1)Cc1ccccc1OC[C@H](O)CN(C)C1CCCCC1. The van der Waals surface area contributed by atoms with E-state index in [1.54, 1.807) is 0 Å². The van der Waals surface area contributed by atoms with Crippen molar-refractivity contribution in [1.29, 1.82) is 0 Å². The van der Waals surface area contributed by atoms with Gasteiger partial charge in [-0.25, -0.2) is 0 Å². The average molecular weight is 415 g/mol. The molecule has 1 atom stereocenters. The monoisotopic (exact) mass is 414 g/mol. The molecule has 1 N–H and O–H groups in total. The number of aliphatic hydroxyl groups excluding tert-OH is 1. The summed E-state index contributed by atoms with van der Waals surface area (Å²) in [6, 6.07) is 10.7. The van der Waals surface area contributed by atoms with E-state index >= 15 is 0 Å². The van der Waals surface area contributed by atoms with Gasteiger partial charge >= 0.3 is 0 Å². The number of aromatic nitrogens is 2. The summed E-state index contributed by atoms with van der Waals surface area (Å²) in [4.78, 5) is 4.70. The Morgan fingerprint density at radius 3 is 2.73 bits per heavy atom. The molecule has 1 aliphatic carbocycles. The van der Waals surface area contributed by atoms with Crippen LogP contribution in [-0.4, -0.2) is 70.1 Å². The molecular formula is C24H38N4O2. The van der Waals surface area contributed by atoms with Gasteiger partial charge in [-0.15, -0.1) is 0 Å². The highest BCUT2D eigenvalue weighted by Gasteiger charge is 2.20. The zero-order chi connectivity index (χ0) is 21.2. The van der Waals surface area contributed by atoms with Gasteiger partial charge in [-0.1, -0.05) is 44.4 Å². The van der Waals surface area contributed by atoms with Crippen LogP contribution in [0, 0.1) is 0 Å². The van der Waals surface area contributed by atoms with E-state index in [0.29, 0.717) is 19.2 Å². The molecule has 2 aromatic rings. The van der Waals surface area contributed by atoms with E-state index in [9.17, 15) is 5.11 Å². The number of aliphatic hydroxyl groups is 1. The van der Waals surface area contributed by atoms with Crippen LogP contribution in [0.1, 0.15) is 44.6 Å². The Morgan fingerprint density at radius 1 is 1.20 bits per heavy atom. The lowest BCUT2D eigenvalue weighted by Gasteiger charge is -2.32. The van der Waals surface area contributed by atoms with Gasteiger partial charge in [-0.05, 0) is 38.6 Å². The maximum Gasteiger partial charge on any atom is 0.123 e. The van der Waals surface area contributed by atoms with Crippen molar-refractivity contribution in [2.75, 3.05) is 33.3 Å². The number of para-hydroxylation sites is 1. The van der Waals surface area contributed by atoms with Gasteiger partial charge in [-0.2, -0.15) is 5.10 Å². The van der Waals surface area contributed by atoms with Crippen molar-refractivity contribution in [2.45, 2.75) is 64.3 Å². The van der Waals surface area contributed by atoms with Crippen LogP contribution in [-0.2, 0) is 13.1 Å². The molecule has 0 aliphatic heterocycles. The van der Waals surface area contributed by atoms with E-state index in [1.807, 2.05) is 35.3 Å². The van der Waals surface area contributed by atoms with Crippen molar-refractivity contribution in [3.05, 3.63) is 48.3 Å². The summed E-state index contributed by atoms with van der Waals surface area (Å²) >= 11 is 0. The van der Waals surface area contributed by atoms with Crippen LogP contribution < -0.4 is 4.74 Å². The molecule has 1 saturated carbocycles. The maximum atomic E-state index is 10.5. The molecule has 1 aromatic carbocycles. The van der Waals surface area contributed by atoms with E-state index < -0.39 is 6.10 Å². The number of hydrogen-bond donors (Lipinski definition) is 1. The summed E-state index contributed by atoms with van der Waals surface area (Å²) in [7, 11) is 2.13. The minimum Gasteiger partial charge on any atom is -0.491 e. The van der Waals surface area contributed by atoms with Crippen LogP contribution >= 0.6 is 0 Å². The number of rotatable bonds is 12. The van der Waals surface area contributed by atoms with E-state index in [1.165, 1.54) is 32.1 Å². The van der Waals surface area contributed by atoms with E-state index in [2.05, 4.69) is 41.0 Å². The zero-order valence-corrected chi connectivity index (χ0v) is 18.6. The highest BCUT2D eigenvalue weighted by molar-refractivity contribution is 5.33. The predicted octanol–water partition coefficient (Wildman–Crippen LogP) is 3.41. The summed E-state index contributed by atoms with van der Waals surface area (Å²) in [6.45, 7) is 6.76. The minimum atomic E-state index is -0.480.